The Kier molecular flexibility index (Phi) is 6.00. The van der Waals surface area contributed by atoms with Gasteiger partial charge in [0.25, 0.3) is 0 Å². The van der Waals surface area contributed by atoms with Crippen LogP contribution in [0.5, 0.6) is 0 Å². The van der Waals surface area contributed by atoms with Gasteiger partial charge >= 0.3 is 0 Å². The highest BCUT2D eigenvalue weighted by Crippen LogP contribution is 2.25. The van der Waals surface area contributed by atoms with Crippen LogP contribution in [0, 0.1) is 18.7 Å². The molecular formula is C17H26FNO2. The summed E-state index contributed by atoms with van der Waals surface area (Å²) in [6.07, 6.45) is 4.21. The van der Waals surface area contributed by atoms with Crippen LogP contribution in [0.1, 0.15) is 38.2 Å². The van der Waals surface area contributed by atoms with Crippen LogP contribution in [0.3, 0.4) is 0 Å². The predicted molar refractivity (Wildman–Crippen MR) is 83.0 cm³/mol. The van der Waals surface area contributed by atoms with Crippen LogP contribution in [-0.2, 0) is 4.74 Å². The van der Waals surface area contributed by atoms with Crippen molar-refractivity contribution in [1.29, 1.82) is 0 Å². The Labute approximate surface area is 126 Å². The molecule has 1 aromatic carbocycles. The summed E-state index contributed by atoms with van der Waals surface area (Å²) in [5.41, 5.74) is 1.30. The summed E-state index contributed by atoms with van der Waals surface area (Å²) in [5.74, 6) is 0.504. The molecule has 1 aliphatic rings. The smallest absolute Gasteiger partial charge is 0.146 e. The molecule has 1 aliphatic carbocycles. The van der Waals surface area contributed by atoms with E-state index in [1.54, 1.807) is 6.07 Å². The minimum Gasteiger partial charge on any atom is -0.389 e. The van der Waals surface area contributed by atoms with E-state index in [2.05, 4.69) is 12.2 Å². The molecule has 0 amide bonds. The van der Waals surface area contributed by atoms with Gasteiger partial charge in [-0.25, -0.2) is 4.39 Å². The maximum atomic E-state index is 13.6. The van der Waals surface area contributed by atoms with Crippen molar-refractivity contribution in [2.75, 3.05) is 18.5 Å². The molecule has 4 heteroatoms. The van der Waals surface area contributed by atoms with Crippen LogP contribution in [-0.4, -0.2) is 30.5 Å². The number of para-hydroxylation sites is 1. The van der Waals surface area contributed by atoms with Gasteiger partial charge in [-0.15, -0.1) is 0 Å². The molecule has 0 spiro atoms. The van der Waals surface area contributed by atoms with E-state index in [-0.39, 0.29) is 11.9 Å². The van der Waals surface area contributed by atoms with Gasteiger partial charge < -0.3 is 15.2 Å². The first-order chi connectivity index (χ1) is 10.1. The van der Waals surface area contributed by atoms with Crippen molar-refractivity contribution in [2.24, 2.45) is 5.92 Å². The zero-order valence-corrected chi connectivity index (χ0v) is 12.9. The standard InChI is InChI=1S/C17H26FNO2/c1-12-6-8-15(9-7-12)21-11-14(20)10-19-17-13(2)4-3-5-16(17)18/h3-5,12,14-15,19-20H,6-11H2,1-2H3. The molecule has 118 valence electrons. The Bertz CT molecular complexity index is 424. The molecule has 1 unspecified atom stereocenters. The van der Waals surface area contributed by atoms with Crippen molar-refractivity contribution >= 4 is 5.69 Å². The monoisotopic (exact) mass is 295 g/mol. The number of aliphatic hydroxyl groups is 1. The first-order valence-electron chi connectivity index (χ1n) is 7.85. The molecule has 2 rings (SSSR count). The zero-order valence-electron chi connectivity index (χ0n) is 12.9. The van der Waals surface area contributed by atoms with Gasteiger partial charge in [-0.1, -0.05) is 19.1 Å². The van der Waals surface area contributed by atoms with Gasteiger partial charge in [0.2, 0.25) is 0 Å². The highest BCUT2D eigenvalue weighted by molar-refractivity contribution is 5.51. The van der Waals surface area contributed by atoms with Crippen LogP contribution in [0.2, 0.25) is 0 Å². The lowest BCUT2D eigenvalue weighted by molar-refractivity contribution is -0.0245. The van der Waals surface area contributed by atoms with Gasteiger partial charge in [0.15, 0.2) is 0 Å². The van der Waals surface area contributed by atoms with Crippen molar-refractivity contribution in [2.45, 2.75) is 51.7 Å². The third-order valence-electron chi connectivity index (χ3n) is 4.22. The maximum Gasteiger partial charge on any atom is 0.146 e. The second-order valence-corrected chi connectivity index (χ2v) is 6.18. The third-order valence-corrected chi connectivity index (χ3v) is 4.22. The molecule has 0 heterocycles. The number of hydrogen-bond donors (Lipinski definition) is 2. The topological polar surface area (TPSA) is 41.5 Å². The SMILES string of the molecule is Cc1cccc(F)c1NCC(O)COC1CCC(C)CC1. The van der Waals surface area contributed by atoms with E-state index < -0.39 is 6.10 Å². The summed E-state index contributed by atoms with van der Waals surface area (Å²) in [6.45, 7) is 4.72. The highest BCUT2D eigenvalue weighted by atomic mass is 19.1. The molecule has 0 aromatic heterocycles. The Hall–Kier alpha value is -1.13. The van der Waals surface area contributed by atoms with Crippen molar-refractivity contribution in [3.63, 3.8) is 0 Å². The Morgan fingerprint density at radius 3 is 2.71 bits per heavy atom. The van der Waals surface area contributed by atoms with Crippen molar-refractivity contribution in [3.05, 3.63) is 29.6 Å². The molecule has 2 N–H and O–H groups in total. The number of anilines is 1. The largest absolute Gasteiger partial charge is 0.389 e. The lowest BCUT2D eigenvalue weighted by Crippen LogP contribution is -2.29. The minimum atomic E-state index is -0.622. The van der Waals surface area contributed by atoms with Crippen LogP contribution < -0.4 is 5.32 Å². The van der Waals surface area contributed by atoms with E-state index in [0.717, 1.165) is 24.3 Å². The minimum absolute atomic E-state index is 0.269. The van der Waals surface area contributed by atoms with Crippen LogP contribution in [0.15, 0.2) is 18.2 Å². The normalized spacial score (nSPS) is 23.8. The maximum absolute atomic E-state index is 13.6. The van der Waals surface area contributed by atoms with Crippen molar-refractivity contribution in [1.82, 2.24) is 0 Å². The average molecular weight is 295 g/mol. The number of aliphatic hydroxyl groups excluding tert-OH is 1. The zero-order chi connectivity index (χ0) is 15.2. The quantitative estimate of drug-likeness (QED) is 0.844. The first kappa shape index (κ1) is 16.2. The first-order valence-corrected chi connectivity index (χ1v) is 7.85. The summed E-state index contributed by atoms with van der Waals surface area (Å²) in [5, 5.41) is 12.9. The summed E-state index contributed by atoms with van der Waals surface area (Å²) in [4.78, 5) is 0. The number of hydrogen-bond acceptors (Lipinski definition) is 3. The third kappa shape index (κ3) is 4.97. The van der Waals surface area contributed by atoms with E-state index in [1.165, 1.54) is 18.9 Å². The molecule has 0 saturated heterocycles. The van der Waals surface area contributed by atoms with Gasteiger partial charge in [0.05, 0.1) is 24.5 Å². The Morgan fingerprint density at radius 1 is 1.33 bits per heavy atom. The number of benzene rings is 1. The fourth-order valence-electron chi connectivity index (χ4n) is 2.78. The summed E-state index contributed by atoms with van der Waals surface area (Å²) in [6, 6.07) is 4.94. The van der Waals surface area contributed by atoms with Gasteiger partial charge in [0.1, 0.15) is 5.82 Å². The van der Waals surface area contributed by atoms with E-state index in [4.69, 9.17) is 4.74 Å². The molecule has 1 saturated carbocycles. The Balaban J connectivity index is 1.71. The summed E-state index contributed by atoms with van der Waals surface area (Å²) in [7, 11) is 0. The van der Waals surface area contributed by atoms with Crippen LogP contribution >= 0.6 is 0 Å². The van der Waals surface area contributed by atoms with E-state index in [9.17, 15) is 9.50 Å². The lowest BCUT2D eigenvalue weighted by Gasteiger charge is -2.27. The predicted octanol–water partition coefficient (Wildman–Crippen LogP) is 3.50. The van der Waals surface area contributed by atoms with E-state index >= 15 is 0 Å². The van der Waals surface area contributed by atoms with Crippen LogP contribution in [0.4, 0.5) is 10.1 Å². The Morgan fingerprint density at radius 2 is 2.05 bits per heavy atom. The molecule has 1 atom stereocenters. The number of aryl methyl sites for hydroxylation is 1. The van der Waals surface area contributed by atoms with Crippen molar-refractivity contribution < 1.29 is 14.2 Å². The number of ether oxygens (including phenoxy) is 1. The average Bonchev–Trinajstić information content (AvgIpc) is 2.46. The van der Waals surface area contributed by atoms with E-state index in [0.29, 0.717) is 18.8 Å². The van der Waals surface area contributed by atoms with Gasteiger partial charge in [0, 0.05) is 6.54 Å². The van der Waals surface area contributed by atoms with Gasteiger partial charge in [-0.05, 0) is 50.2 Å². The number of halogens is 1. The highest BCUT2D eigenvalue weighted by Gasteiger charge is 2.19. The summed E-state index contributed by atoms with van der Waals surface area (Å²) >= 11 is 0. The second-order valence-electron chi connectivity index (χ2n) is 6.18. The molecule has 0 radical (unpaired) electrons. The fourth-order valence-corrected chi connectivity index (χ4v) is 2.78. The van der Waals surface area contributed by atoms with Gasteiger partial charge in [-0.2, -0.15) is 0 Å². The summed E-state index contributed by atoms with van der Waals surface area (Å²) < 4.78 is 19.4. The molecule has 0 aliphatic heterocycles. The lowest BCUT2D eigenvalue weighted by atomic mass is 9.89. The van der Waals surface area contributed by atoms with Gasteiger partial charge in [-0.3, -0.25) is 0 Å². The molecule has 1 fully saturated rings. The fraction of sp³-hybridized carbons (Fsp3) is 0.647. The molecule has 0 bridgehead atoms. The molecule has 21 heavy (non-hydrogen) atoms. The van der Waals surface area contributed by atoms with Crippen molar-refractivity contribution in [3.8, 4) is 0 Å². The second kappa shape index (κ2) is 7.76. The molecule has 1 aromatic rings. The molecular weight excluding hydrogens is 269 g/mol. The number of nitrogens with one attached hydrogen (secondary N) is 1. The molecule has 3 nitrogen and oxygen atoms in total. The number of rotatable bonds is 6. The van der Waals surface area contributed by atoms with E-state index in [1.807, 2.05) is 13.0 Å². The van der Waals surface area contributed by atoms with Crippen LogP contribution in [0.25, 0.3) is 0 Å².